The van der Waals surface area contributed by atoms with E-state index in [-0.39, 0.29) is 0 Å². The molecule has 0 amide bonds. The molecule has 4 heteroatoms. The molecule has 2 aromatic carbocycles. The van der Waals surface area contributed by atoms with E-state index in [2.05, 4.69) is 36.9 Å². The summed E-state index contributed by atoms with van der Waals surface area (Å²) in [5.41, 5.74) is 4.64. The first-order chi connectivity index (χ1) is 12.7. The maximum absolute atomic E-state index is 5.95. The minimum Gasteiger partial charge on any atom is -0.492 e. The Kier molecular flexibility index (Phi) is 4.76. The molecule has 4 nitrogen and oxygen atoms in total. The zero-order valence-corrected chi connectivity index (χ0v) is 15.4. The molecule has 0 N–H and O–H groups in total. The molecular formula is C22H24N2O2. The number of fused-ring (bicyclic) bond motifs is 2. The van der Waals surface area contributed by atoms with Crippen LogP contribution in [0, 0.1) is 13.8 Å². The summed E-state index contributed by atoms with van der Waals surface area (Å²) in [4.78, 5) is 7.19. The highest BCUT2D eigenvalue weighted by Crippen LogP contribution is 2.29. The van der Waals surface area contributed by atoms with Gasteiger partial charge in [0.25, 0.3) is 0 Å². The van der Waals surface area contributed by atoms with Gasteiger partial charge in [-0.05, 0) is 43.2 Å². The molecule has 0 unspecified atom stereocenters. The first kappa shape index (κ1) is 16.9. The molecule has 1 aromatic heterocycles. The van der Waals surface area contributed by atoms with Crippen LogP contribution in [0.3, 0.4) is 0 Å². The van der Waals surface area contributed by atoms with Gasteiger partial charge in [0.15, 0.2) is 0 Å². The zero-order valence-electron chi connectivity index (χ0n) is 15.4. The van der Waals surface area contributed by atoms with Crippen LogP contribution in [-0.4, -0.2) is 36.2 Å². The molecule has 134 valence electrons. The number of benzene rings is 2. The van der Waals surface area contributed by atoms with Crippen molar-refractivity contribution in [2.45, 2.75) is 20.4 Å². The van der Waals surface area contributed by atoms with Gasteiger partial charge < -0.3 is 9.47 Å². The second-order valence-corrected chi connectivity index (χ2v) is 6.83. The number of rotatable bonds is 4. The Morgan fingerprint density at radius 3 is 2.73 bits per heavy atom. The van der Waals surface area contributed by atoms with Crippen molar-refractivity contribution in [2.75, 3.05) is 26.3 Å². The monoisotopic (exact) mass is 348 g/mol. The minimum atomic E-state index is 0.654. The van der Waals surface area contributed by atoms with Gasteiger partial charge in [-0.15, -0.1) is 0 Å². The highest BCUT2D eigenvalue weighted by atomic mass is 16.5. The smallest absolute Gasteiger partial charge is 0.218 e. The standard InChI is InChI=1S/C22H24N2O2/c1-16-8-9-17(2)21-20(16)14-18-15-24(11-13-26-22(18)23-21)10-12-25-19-6-4-3-5-7-19/h3-9,14H,10-13,15H2,1-2H3. The molecule has 26 heavy (non-hydrogen) atoms. The highest BCUT2D eigenvalue weighted by Gasteiger charge is 2.18. The maximum Gasteiger partial charge on any atom is 0.218 e. The molecule has 3 aromatic rings. The lowest BCUT2D eigenvalue weighted by Crippen LogP contribution is -2.30. The van der Waals surface area contributed by atoms with Gasteiger partial charge in [-0.2, -0.15) is 0 Å². The molecule has 2 heterocycles. The van der Waals surface area contributed by atoms with E-state index in [1.165, 1.54) is 16.5 Å². The summed E-state index contributed by atoms with van der Waals surface area (Å²) in [5, 5.41) is 1.22. The SMILES string of the molecule is Cc1ccc(C)c2nc3c(cc12)CN(CCOc1ccccc1)CCO3. The molecule has 1 aliphatic heterocycles. The number of nitrogens with zero attached hydrogens (tertiary/aromatic N) is 2. The van der Waals surface area contributed by atoms with E-state index < -0.39 is 0 Å². The predicted octanol–water partition coefficient (Wildman–Crippen LogP) is 4.13. The Hall–Kier alpha value is -2.59. The first-order valence-corrected chi connectivity index (χ1v) is 9.13. The summed E-state index contributed by atoms with van der Waals surface area (Å²) >= 11 is 0. The molecule has 0 bridgehead atoms. The summed E-state index contributed by atoms with van der Waals surface area (Å²) in [6, 6.07) is 16.5. The highest BCUT2D eigenvalue weighted by molar-refractivity contribution is 5.86. The van der Waals surface area contributed by atoms with Gasteiger partial charge in [0, 0.05) is 30.6 Å². The first-order valence-electron chi connectivity index (χ1n) is 9.13. The van der Waals surface area contributed by atoms with Crippen molar-refractivity contribution in [1.29, 1.82) is 0 Å². The molecular weight excluding hydrogens is 324 g/mol. The topological polar surface area (TPSA) is 34.6 Å². The van der Waals surface area contributed by atoms with Crippen molar-refractivity contribution in [2.24, 2.45) is 0 Å². The van der Waals surface area contributed by atoms with Crippen LogP contribution in [0.4, 0.5) is 0 Å². The normalized spacial score (nSPS) is 14.5. The Balaban J connectivity index is 1.50. The Morgan fingerprint density at radius 1 is 1.08 bits per heavy atom. The van der Waals surface area contributed by atoms with Crippen LogP contribution in [0.1, 0.15) is 16.7 Å². The van der Waals surface area contributed by atoms with Gasteiger partial charge >= 0.3 is 0 Å². The second-order valence-electron chi connectivity index (χ2n) is 6.83. The molecule has 0 radical (unpaired) electrons. The van der Waals surface area contributed by atoms with Crippen molar-refractivity contribution in [1.82, 2.24) is 9.88 Å². The fourth-order valence-corrected chi connectivity index (χ4v) is 3.39. The molecule has 0 aliphatic carbocycles. The largest absolute Gasteiger partial charge is 0.492 e. The fraction of sp³-hybridized carbons (Fsp3) is 0.318. The summed E-state index contributed by atoms with van der Waals surface area (Å²) in [5.74, 6) is 1.69. The molecule has 1 aliphatic rings. The predicted molar refractivity (Wildman–Crippen MR) is 104 cm³/mol. The van der Waals surface area contributed by atoms with E-state index in [1.54, 1.807) is 0 Å². The van der Waals surface area contributed by atoms with Crippen molar-refractivity contribution in [3.05, 3.63) is 65.2 Å². The van der Waals surface area contributed by atoms with E-state index in [0.29, 0.717) is 13.2 Å². The van der Waals surface area contributed by atoms with Gasteiger partial charge in [-0.3, -0.25) is 4.90 Å². The van der Waals surface area contributed by atoms with E-state index in [1.807, 2.05) is 30.3 Å². The van der Waals surface area contributed by atoms with E-state index in [4.69, 9.17) is 14.5 Å². The van der Waals surface area contributed by atoms with Crippen molar-refractivity contribution >= 4 is 10.9 Å². The minimum absolute atomic E-state index is 0.654. The van der Waals surface area contributed by atoms with Crippen LogP contribution in [0.5, 0.6) is 11.6 Å². The Labute approximate surface area is 154 Å². The number of pyridine rings is 1. The summed E-state index contributed by atoms with van der Waals surface area (Å²) < 4.78 is 11.8. The third kappa shape index (κ3) is 3.51. The van der Waals surface area contributed by atoms with Crippen LogP contribution in [0.2, 0.25) is 0 Å². The molecule has 0 spiro atoms. The van der Waals surface area contributed by atoms with Crippen molar-refractivity contribution in [3.8, 4) is 11.6 Å². The van der Waals surface area contributed by atoms with Crippen molar-refractivity contribution in [3.63, 3.8) is 0 Å². The van der Waals surface area contributed by atoms with Gasteiger partial charge in [-0.1, -0.05) is 30.3 Å². The van der Waals surface area contributed by atoms with Crippen LogP contribution >= 0.6 is 0 Å². The zero-order chi connectivity index (χ0) is 17.9. The van der Waals surface area contributed by atoms with E-state index >= 15 is 0 Å². The van der Waals surface area contributed by atoms with Gasteiger partial charge in [-0.25, -0.2) is 4.98 Å². The summed E-state index contributed by atoms with van der Waals surface area (Å²) in [6.07, 6.45) is 0. The van der Waals surface area contributed by atoms with Crippen LogP contribution in [0.25, 0.3) is 10.9 Å². The fourth-order valence-electron chi connectivity index (χ4n) is 3.39. The maximum atomic E-state index is 5.95. The number of para-hydroxylation sites is 1. The molecule has 0 fully saturated rings. The average molecular weight is 348 g/mol. The molecule has 0 saturated heterocycles. The number of hydrogen-bond acceptors (Lipinski definition) is 4. The van der Waals surface area contributed by atoms with Gasteiger partial charge in [0.2, 0.25) is 5.88 Å². The number of aryl methyl sites for hydroxylation is 2. The average Bonchev–Trinajstić information content (AvgIpc) is 2.86. The summed E-state index contributed by atoms with van der Waals surface area (Å²) in [7, 11) is 0. The van der Waals surface area contributed by atoms with Crippen LogP contribution < -0.4 is 9.47 Å². The van der Waals surface area contributed by atoms with Crippen LogP contribution in [-0.2, 0) is 6.54 Å². The van der Waals surface area contributed by atoms with E-state index in [0.717, 1.165) is 42.3 Å². The second kappa shape index (κ2) is 7.34. The number of aromatic nitrogens is 1. The lowest BCUT2D eigenvalue weighted by atomic mass is 10.0. The molecule has 0 saturated carbocycles. The molecule has 4 rings (SSSR count). The number of ether oxygens (including phenoxy) is 2. The van der Waals surface area contributed by atoms with E-state index in [9.17, 15) is 0 Å². The van der Waals surface area contributed by atoms with Gasteiger partial charge in [0.1, 0.15) is 19.0 Å². The lowest BCUT2D eigenvalue weighted by molar-refractivity contribution is 0.185. The Bertz CT molecular complexity index is 909. The molecule has 0 atom stereocenters. The van der Waals surface area contributed by atoms with Gasteiger partial charge in [0.05, 0.1) is 5.52 Å². The number of hydrogen-bond donors (Lipinski definition) is 0. The third-order valence-corrected chi connectivity index (χ3v) is 4.90. The summed E-state index contributed by atoms with van der Waals surface area (Å²) in [6.45, 7) is 8.14. The Morgan fingerprint density at radius 2 is 1.88 bits per heavy atom. The van der Waals surface area contributed by atoms with Crippen LogP contribution in [0.15, 0.2) is 48.5 Å². The lowest BCUT2D eigenvalue weighted by Gasteiger charge is -2.19. The quantitative estimate of drug-likeness (QED) is 0.710. The third-order valence-electron chi connectivity index (χ3n) is 4.90. The van der Waals surface area contributed by atoms with Crippen molar-refractivity contribution < 1.29 is 9.47 Å².